The number of esters is 1. The number of anilines is 1. The number of hydrogen-bond acceptors (Lipinski definition) is 7. The summed E-state index contributed by atoms with van der Waals surface area (Å²) in [5, 5.41) is 3.95. The highest BCUT2D eigenvalue weighted by Crippen LogP contribution is 2.28. The number of rotatable bonds is 23. The van der Waals surface area contributed by atoms with Gasteiger partial charge in [0.15, 0.2) is 0 Å². The van der Waals surface area contributed by atoms with Crippen LogP contribution >= 0.6 is 0 Å². The highest BCUT2D eigenvalue weighted by atomic mass is 16.6. The van der Waals surface area contributed by atoms with Crippen LogP contribution in [0.25, 0.3) is 21.5 Å². The number of carbonyl (C=O) groups excluding carboxylic acids is 2. The normalized spacial score (nSPS) is 15.8. The number of fused-ring (bicyclic) bond motifs is 2. The molecule has 0 spiro atoms. The van der Waals surface area contributed by atoms with E-state index in [9.17, 15) is 9.59 Å². The predicted octanol–water partition coefficient (Wildman–Crippen LogP) is 11.1. The van der Waals surface area contributed by atoms with Crippen LogP contribution in [0.1, 0.15) is 105 Å². The van der Waals surface area contributed by atoms with E-state index in [1.54, 1.807) is 18.2 Å². The molecule has 2 unspecified atom stereocenters. The zero-order chi connectivity index (χ0) is 38.5. The van der Waals surface area contributed by atoms with Crippen LogP contribution in [-0.4, -0.2) is 57.1 Å². The number of carbonyl (C=O) groups is 2. The number of unbranched alkanes of at least 4 members (excludes halogenated alkanes) is 7. The van der Waals surface area contributed by atoms with E-state index in [1.807, 2.05) is 83.8 Å². The Bertz CT molecular complexity index is 2050. The number of benzene rings is 5. The van der Waals surface area contributed by atoms with Gasteiger partial charge in [0, 0.05) is 17.8 Å². The molecule has 0 N–H and O–H groups in total. The van der Waals surface area contributed by atoms with Crippen LogP contribution in [0.2, 0.25) is 0 Å². The molecule has 2 heterocycles. The third kappa shape index (κ3) is 11.6. The van der Waals surface area contributed by atoms with E-state index in [2.05, 4.69) is 6.92 Å². The lowest BCUT2D eigenvalue weighted by Crippen LogP contribution is -2.32. The van der Waals surface area contributed by atoms with E-state index < -0.39 is 5.97 Å². The van der Waals surface area contributed by atoms with Crippen molar-refractivity contribution in [3.05, 3.63) is 108 Å². The Morgan fingerprint density at radius 1 is 0.571 bits per heavy atom. The van der Waals surface area contributed by atoms with Gasteiger partial charge in [0.25, 0.3) is 5.91 Å². The van der Waals surface area contributed by atoms with Gasteiger partial charge in [0.2, 0.25) is 0 Å². The van der Waals surface area contributed by atoms with E-state index in [0.29, 0.717) is 48.8 Å². The van der Waals surface area contributed by atoms with Crippen molar-refractivity contribution in [1.82, 2.24) is 0 Å². The first kappa shape index (κ1) is 39.3. The second kappa shape index (κ2) is 19.8. The maximum absolute atomic E-state index is 14.2. The molecular weight excluding hydrogens is 703 g/mol. The fourth-order valence-corrected chi connectivity index (χ4v) is 7.10. The molecule has 0 aromatic heterocycles. The van der Waals surface area contributed by atoms with Gasteiger partial charge in [0.1, 0.15) is 17.2 Å². The van der Waals surface area contributed by atoms with Gasteiger partial charge in [-0.05, 0) is 139 Å². The zero-order valence-corrected chi connectivity index (χ0v) is 32.7. The first-order chi connectivity index (χ1) is 27.5. The Balaban J connectivity index is 0.970. The molecule has 0 bridgehead atoms. The fraction of sp³-hybridized carbons (Fsp3) is 0.417. The first-order valence-electron chi connectivity index (χ1n) is 20.7. The molecule has 8 nitrogen and oxygen atoms in total. The molecule has 8 heteroatoms. The fourth-order valence-electron chi connectivity index (χ4n) is 7.10. The molecule has 5 aromatic rings. The second-order valence-electron chi connectivity index (χ2n) is 15.2. The van der Waals surface area contributed by atoms with Gasteiger partial charge in [-0.1, -0.05) is 63.3 Å². The van der Waals surface area contributed by atoms with E-state index in [1.165, 1.54) is 19.3 Å². The Hall–Kier alpha value is -4.92. The van der Waals surface area contributed by atoms with Gasteiger partial charge in [0.05, 0.1) is 44.2 Å². The topological polar surface area (TPSA) is 90.1 Å². The van der Waals surface area contributed by atoms with Gasteiger partial charge in [-0.25, -0.2) is 4.79 Å². The SMILES string of the molecule is CCCCCCCCN(C(=O)c1ccc2cc(OCCCCC3CO3)ccc2c1)c1ccc(OC(=O)c2ccc3cc(OCCCCC4CO4)ccc3c2)cc1. The van der Waals surface area contributed by atoms with E-state index in [-0.39, 0.29) is 5.91 Å². The first-order valence-corrected chi connectivity index (χ1v) is 20.7. The quantitative estimate of drug-likeness (QED) is 0.0284. The minimum Gasteiger partial charge on any atom is -0.494 e. The molecule has 2 atom stereocenters. The smallest absolute Gasteiger partial charge is 0.343 e. The third-order valence-corrected chi connectivity index (χ3v) is 10.6. The van der Waals surface area contributed by atoms with Crippen molar-refractivity contribution in [2.45, 2.75) is 96.2 Å². The molecule has 2 fully saturated rings. The minimum atomic E-state index is -0.437. The number of epoxide rings is 2. The van der Waals surface area contributed by atoms with Crippen LogP contribution < -0.4 is 19.1 Å². The average Bonchev–Trinajstić information content (AvgIpc) is 4.17. The van der Waals surface area contributed by atoms with Gasteiger partial charge in [-0.15, -0.1) is 0 Å². The van der Waals surface area contributed by atoms with Crippen LogP contribution in [0.5, 0.6) is 17.2 Å². The van der Waals surface area contributed by atoms with Gasteiger partial charge >= 0.3 is 5.97 Å². The molecule has 5 aromatic carbocycles. The Kier molecular flexibility index (Phi) is 13.9. The summed E-state index contributed by atoms with van der Waals surface area (Å²) >= 11 is 0. The molecule has 0 saturated carbocycles. The summed E-state index contributed by atoms with van der Waals surface area (Å²) in [5.74, 6) is 1.59. The number of hydrogen-bond donors (Lipinski definition) is 0. The van der Waals surface area contributed by atoms with E-state index in [0.717, 1.165) is 110 Å². The van der Waals surface area contributed by atoms with Crippen molar-refractivity contribution in [1.29, 1.82) is 0 Å². The molecular formula is C48H55NO7. The van der Waals surface area contributed by atoms with Gasteiger partial charge in [-0.3, -0.25) is 4.79 Å². The summed E-state index contributed by atoms with van der Waals surface area (Å²) in [4.78, 5) is 29.2. The highest BCUT2D eigenvalue weighted by Gasteiger charge is 2.22. The number of ether oxygens (including phenoxy) is 5. The Labute approximate surface area is 331 Å². The molecule has 294 valence electrons. The maximum Gasteiger partial charge on any atom is 0.343 e. The average molecular weight is 758 g/mol. The van der Waals surface area contributed by atoms with Crippen molar-refractivity contribution in [3.8, 4) is 17.2 Å². The summed E-state index contributed by atoms with van der Waals surface area (Å²) in [6, 6.07) is 30.6. The Morgan fingerprint density at radius 2 is 1.07 bits per heavy atom. The molecule has 0 radical (unpaired) electrons. The van der Waals surface area contributed by atoms with E-state index >= 15 is 0 Å². The molecule has 1 amide bonds. The molecule has 7 rings (SSSR count). The van der Waals surface area contributed by atoms with Gasteiger partial charge < -0.3 is 28.6 Å². The molecule has 0 aliphatic carbocycles. The summed E-state index contributed by atoms with van der Waals surface area (Å²) in [5.41, 5.74) is 1.86. The second-order valence-corrected chi connectivity index (χ2v) is 15.2. The summed E-state index contributed by atoms with van der Waals surface area (Å²) in [6.07, 6.45) is 14.1. The van der Waals surface area contributed by atoms with Crippen LogP contribution in [0, 0.1) is 0 Å². The predicted molar refractivity (Wildman–Crippen MR) is 223 cm³/mol. The maximum atomic E-state index is 14.2. The van der Waals surface area contributed by atoms with Crippen LogP contribution in [0.4, 0.5) is 5.69 Å². The molecule has 2 saturated heterocycles. The monoisotopic (exact) mass is 757 g/mol. The van der Waals surface area contributed by atoms with E-state index in [4.69, 9.17) is 23.7 Å². The minimum absolute atomic E-state index is 0.0569. The van der Waals surface area contributed by atoms with Crippen LogP contribution in [0.3, 0.4) is 0 Å². The highest BCUT2D eigenvalue weighted by molar-refractivity contribution is 6.08. The van der Waals surface area contributed by atoms with Crippen molar-refractivity contribution in [2.75, 3.05) is 37.9 Å². The van der Waals surface area contributed by atoms with Crippen molar-refractivity contribution < 1.29 is 33.3 Å². The van der Waals surface area contributed by atoms with Gasteiger partial charge in [-0.2, -0.15) is 0 Å². The molecule has 56 heavy (non-hydrogen) atoms. The lowest BCUT2D eigenvalue weighted by Gasteiger charge is -2.23. The van der Waals surface area contributed by atoms with Crippen LogP contribution in [-0.2, 0) is 9.47 Å². The summed E-state index contributed by atoms with van der Waals surface area (Å²) in [6.45, 7) is 5.97. The third-order valence-electron chi connectivity index (χ3n) is 10.6. The van der Waals surface area contributed by atoms with Crippen molar-refractivity contribution in [3.63, 3.8) is 0 Å². The van der Waals surface area contributed by atoms with Crippen LogP contribution in [0.15, 0.2) is 97.1 Å². The molecule has 2 aliphatic rings. The largest absolute Gasteiger partial charge is 0.494 e. The number of nitrogens with zero attached hydrogens (tertiary/aromatic N) is 1. The lowest BCUT2D eigenvalue weighted by atomic mass is 10.0. The van der Waals surface area contributed by atoms with Crippen molar-refractivity contribution in [2.24, 2.45) is 0 Å². The Morgan fingerprint density at radius 3 is 1.66 bits per heavy atom. The standard InChI is InChI=1S/C48H55NO7/c1-2-3-4-5-6-9-26-49(47(50)39-16-14-37-31-43(22-18-35(37)29-39)52-27-10-7-12-45-33-54-45)41-20-24-42(25-21-41)56-48(51)40-17-15-38-32-44(23-19-36(38)30-40)53-28-11-8-13-46-34-55-46/h14-25,29-32,45-46H,2-13,26-28,33-34H2,1H3. The van der Waals surface area contributed by atoms with Crippen molar-refractivity contribution >= 4 is 39.1 Å². The lowest BCUT2D eigenvalue weighted by molar-refractivity contribution is 0.0734. The zero-order valence-electron chi connectivity index (χ0n) is 32.7. The number of amides is 1. The summed E-state index contributed by atoms with van der Waals surface area (Å²) in [7, 11) is 0. The summed E-state index contributed by atoms with van der Waals surface area (Å²) < 4.78 is 28.3. The molecule has 2 aliphatic heterocycles.